The average Bonchev–Trinajstić information content (AvgIpc) is 2.63. The van der Waals surface area contributed by atoms with Crippen LogP contribution in [0, 0.1) is 5.92 Å². The number of likely N-dealkylation sites (tertiary alicyclic amines) is 1. The molecule has 16 heavy (non-hydrogen) atoms. The van der Waals surface area contributed by atoms with E-state index in [1.807, 2.05) is 23.1 Å². The maximum Gasteiger partial charge on any atom is 0.223 e. The van der Waals surface area contributed by atoms with Gasteiger partial charge < -0.3 is 4.90 Å². The Morgan fingerprint density at radius 3 is 3.00 bits per heavy atom. The van der Waals surface area contributed by atoms with Gasteiger partial charge in [0, 0.05) is 31.6 Å². The van der Waals surface area contributed by atoms with Gasteiger partial charge >= 0.3 is 0 Å². The molecule has 3 nitrogen and oxygen atoms in total. The molecule has 0 saturated carbocycles. The minimum absolute atomic E-state index is 0.202. The molecule has 1 aromatic rings. The summed E-state index contributed by atoms with van der Waals surface area (Å²) < 4.78 is 0.813. The van der Waals surface area contributed by atoms with Crippen molar-refractivity contribution in [3.8, 4) is 0 Å². The second-order valence-corrected chi connectivity index (χ2v) is 4.78. The predicted octanol–water partition coefficient (Wildman–Crippen LogP) is 2.38. The minimum Gasteiger partial charge on any atom is -0.338 e. The summed E-state index contributed by atoms with van der Waals surface area (Å²) in [6.07, 6.45) is 4.24. The molecule has 1 fully saturated rings. The molecule has 2 heterocycles. The molecule has 0 aliphatic carbocycles. The number of carbonyl (C=O) groups excluding carboxylic acids is 1. The normalized spacial score (nSPS) is 20.2. The van der Waals surface area contributed by atoms with Crippen molar-refractivity contribution in [1.29, 1.82) is 0 Å². The van der Waals surface area contributed by atoms with Gasteiger partial charge in [-0.05, 0) is 27.6 Å². The largest absolute Gasteiger partial charge is 0.338 e. The Morgan fingerprint density at radius 2 is 2.44 bits per heavy atom. The summed E-state index contributed by atoms with van der Waals surface area (Å²) >= 11 is 3.29. The van der Waals surface area contributed by atoms with Crippen molar-refractivity contribution in [2.75, 3.05) is 6.54 Å². The van der Waals surface area contributed by atoms with Crippen molar-refractivity contribution in [2.24, 2.45) is 5.92 Å². The van der Waals surface area contributed by atoms with Crippen molar-refractivity contribution in [3.05, 3.63) is 41.2 Å². The highest BCUT2D eigenvalue weighted by Gasteiger charge is 2.27. The van der Waals surface area contributed by atoms with Crippen molar-refractivity contribution in [1.82, 2.24) is 9.88 Å². The number of nitrogens with zero attached hydrogens (tertiary/aromatic N) is 2. The van der Waals surface area contributed by atoms with Gasteiger partial charge in [-0.2, -0.15) is 0 Å². The molecular weight excluding hydrogens is 268 g/mol. The Labute approximate surface area is 103 Å². The zero-order valence-corrected chi connectivity index (χ0v) is 10.5. The Morgan fingerprint density at radius 1 is 1.62 bits per heavy atom. The monoisotopic (exact) mass is 280 g/mol. The van der Waals surface area contributed by atoms with E-state index in [1.165, 1.54) is 0 Å². The first-order valence-corrected chi connectivity index (χ1v) is 5.99. The van der Waals surface area contributed by atoms with Crippen LogP contribution >= 0.6 is 15.9 Å². The standard InChI is InChI=1S/C12H13BrN2O/c1-2-9-5-12(16)15(7-9)8-10-3-4-11(13)14-6-10/h2-4,6,9H,1,5,7-8H2. The molecule has 1 aromatic heterocycles. The predicted molar refractivity (Wildman–Crippen MR) is 65.7 cm³/mol. The van der Waals surface area contributed by atoms with E-state index < -0.39 is 0 Å². The van der Waals surface area contributed by atoms with Crippen LogP contribution in [0.3, 0.4) is 0 Å². The van der Waals surface area contributed by atoms with Crippen molar-refractivity contribution in [2.45, 2.75) is 13.0 Å². The van der Waals surface area contributed by atoms with Gasteiger partial charge in [-0.1, -0.05) is 12.1 Å². The van der Waals surface area contributed by atoms with E-state index >= 15 is 0 Å². The highest BCUT2D eigenvalue weighted by molar-refractivity contribution is 9.10. The zero-order valence-electron chi connectivity index (χ0n) is 8.90. The summed E-state index contributed by atoms with van der Waals surface area (Å²) in [7, 11) is 0. The molecule has 1 aliphatic rings. The third-order valence-corrected chi connectivity index (χ3v) is 3.21. The lowest BCUT2D eigenvalue weighted by molar-refractivity contribution is -0.128. The summed E-state index contributed by atoms with van der Waals surface area (Å²) in [5.41, 5.74) is 1.06. The third-order valence-electron chi connectivity index (χ3n) is 2.74. The zero-order chi connectivity index (χ0) is 11.5. The molecule has 1 saturated heterocycles. The number of aromatic nitrogens is 1. The summed E-state index contributed by atoms with van der Waals surface area (Å²) in [4.78, 5) is 17.7. The van der Waals surface area contributed by atoms with E-state index in [0.29, 0.717) is 18.9 Å². The third kappa shape index (κ3) is 2.50. The number of hydrogen-bond acceptors (Lipinski definition) is 2. The number of hydrogen-bond donors (Lipinski definition) is 0. The molecule has 0 bridgehead atoms. The summed E-state index contributed by atoms with van der Waals surface area (Å²) in [6, 6.07) is 3.87. The molecule has 1 aliphatic heterocycles. The van der Waals surface area contributed by atoms with Gasteiger partial charge in [0.2, 0.25) is 5.91 Å². The Balaban J connectivity index is 2.02. The quantitative estimate of drug-likeness (QED) is 0.629. The number of carbonyl (C=O) groups is 1. The Bertz CT molecular complexity index is 402. The topological polar surface area (TPSA) is 33.2 Å². The maximum absolute atomic E-state index is 11.7. The molecule has 0 N–H and O–H groups in total. The molecule has 1 amide bonds. The lowest BCUT2D eigenvalue weighted by Crippen LogP contribution is -2.24. The van der Waals surface area contributed by atoms with Gasteiger partial charge in [-0.15, -0.1) is 6.58 Å². The van der Waals surface area contributed by atoms with E-state index in [2.05, 4.69) is 27.5 Å². The molecule has 1 unspecified atom stereocenters. The van der Waals surface area contributed by atoms with E-state index in [0.717, 1.165) is 16.7 Å². The van der Waals surface area contributed by atoms with Crippen molar-refractivity contribution < 1.29 is 4.79 Å². The Hall–Kier alpha value is -1.16. The number of halogens is 1. The van der Waals surface area contributed by atoms with E-state index in [4.69, 9.17) is 0 Å². The second-order valence-electron chi connectivity index (χ2n) is 3.96. The maximum atomic E-state index is 11.7. The van der Waals surface area contributed by atoms with Crippen LogP contribution in [0.25, 0.3) is 0 Å². The van der Waals surface area contributed by atoms with Crippen LogP contribution in [0.15, 0.2) is 35.6 Å². The molecular formula is C12H13BrN2O. The molecule has 1 atom stereocenters. The van der Waals surface area contributed by atoms with Crippen LogP contribution in [0.2, 0.25) is 0 Å². The molecule has 2 rings (SSSR count). The van der Waals surface area contributed by atoms with Crippen LogP contribution in [-0.4, -0.2) is 22.3 Å². The first-order valence-electron chi connectivity index (χ1n) is 5.20. The van der Waals surface area contributed by atoms with Gasteiger partial charge in [0.15, 0.2) is 0 Å². The fourth-order valence-electron chi connectivity index (χ4n) is 1.83. The van der Waals surface area contributed by atoms with Crippen LogP contribution in [0.5, 0.6) is 0 Å². The van der Waals surface area contributed by atoms with Crippen LogP contribution in [0.1, 0.15) is 12.0 Å². The van der Waals surface area contributed by atoms with Gasteiger partial charge in [-0.25, -0.2) is 4.98 Å². The fourth-order valence-corrected chi connectivity index (χ4v) is 2.07. The van der Waals surface area contributed by atoms with E-state index in [9.17, 15) is 4.79 Å². The summed E-state index contributed by atoms with van der Waals surface area (Å²) in [5.74, 6) is 0.503. The van der Waals surface area contributed by atoms with Gasteiger partial charge in [0.1, 0.15) is 4.60 Å². The summed E-state index contributed by atoms with van der Waals surface area (Å²) in [5, 5.41) is 0. The van der Waals surface area contributed by atoms with Crippen LogP contribution < -0.4 is 0 Å². The Kier molecular flexibility index (Phi) is 3.39. The number of rotatable bonds is 3. The first-order chi connectivity index (χ1) is 7.69. The minimum atomic E-state index is 0.202. The molecule has 0 spiro atoms. The number of pyridine rings is 1. The van der Waals surface area contributed by atoms with E-state index in [1.54, 1.807) is 6.20 Å². The van der Waals surface area contributed by atoms with E-state index in [-0.39, 0.29) is 5.91 Å². The van der Waals surface area contributed by atoms with Crippen molar-refractivity contribution in [3.63, 3.8) is 0 Å². The lowest BCUT2D eigenvalue weighted by Gasteiger charge is -2.15. The SMILES string of the molecule is C=CC1CC(=O)N(Cc2ccc(Br)nc2)C1. The smallest absolute Gasteiger partial charge is 0.223 e. The van der Waals surface area contributed by atoms with Gasteiger partial charge in [0.25, 0.3) is 0 Å². The van der Waals surface area contributed by atoms with Gasteiger partial charge in [-0.3, -0.25) is 4.79 Å². The highest BCUT2D eigenvalue weighted by atomic mass is 79.9. The lowest BCUT2D eigenvalue weighted by atomic mass is 10.1. The molecule has 4 heteroatoms. The second kappa shape index (κ2) is 4.78. The summed E-state index contributed by atoms with van der Waals surface area (Å²) in [6.45, 7) is 5.15. The van der Waals surface area contributed by atoms with Crippen LogP contribution in [-0.2, 0) is 11.3 Å². The molecule has 0 aromatic carbocycles. The van der Waals surface area contributed by atoms with Gasteiger partial charge in [0.05, 0.1) is 0 Å². The average molecular weight is 281 g/mol. The molecule has 84 valence electrons. The number of amides is 1. The first kappa shape index (κ1) is 11.3. The highest BCUT2D eigenvalue weighted by Crippen LogP contribution is 2.20. The molecule has 0 radical (unpaired) electrons. The van der Waals surface area contributed by atoms with Crippen molar-refractivity contribution >= 4 is 21.8 Å². The fraction of sp³-hybridized carbons (Fsp3) is 0.333. The van der Waals surface area contributed by atoms with Crippen LogP contribution in [0.4, 0.5) is 0 Å².